The number of sulfone groups is 1. The molecule has 1 aromatic heterocycles. The van der Waals surface area contributed by atoms with E-state index in [1.54, 1.807) is 6.92 Å². The van der Waals surface area contributed by atoms with Gasteiger partial charge in [0.25, 0.3) is 0 Å². The highest BCUT2D eigenvalue weighted by molar-refractivity contribution is 7.92. The molecule has 0 spiro atoms. The topological polar surface area (TPSA) is 118 Å². The Hall–Kier alpha value is -1.65. The molecule has 2 heterocycles. The third kappa shape index (κ3) is 2.93. The number of fused-ring (bicyclic) bond motifs is 1. The molecule has 3 rings (SSSR count). The van der Waals surface area contributed by atoms with Gasteiger partial charge in [0.15, 0.2) is 15.4 Å². The molecule has 0 bridgehead atoms. The molecule has 1 aromatic carbocycles. The lowest BCUT2D eigenvalue weighted by molar-refractivity contribution is 0.354. The number of aromatic nitrogens is 1. The van der Waals surface area contributed by atoms with Crippen molar-refractivity contribution >= 4 is 31.0 Å². The molecule has 1 saturated heterocycles. The molecule has 0 aliphatic carbocycles. The molecule has 2 aromatic rings. The van der Waals surface area contributed by atoms with E-state index in [0.717, 1.165) is 0 Å². The summed E-state index contributed by atoms with van der Waals surface area (Å²) in [4.78, 5) is 13.6. The van der Waals surface area contributed by atoms with Gasteiger partial charge in [-0.25, -0.2) is 21.6 Å². The lowest BCUT2D eigenvalue weighted by atomic mass is 10.3. The fraction of sp³-hybridized carbons (Fsp3) is 0.462. The van der Waals surface area contributed by atoms with E-state index in [0.29, 0.717) is 5.52 Å². The van der Waals surface area contributed by atoms with Gasteiger partial charge in [0, 0.05) is 18.7 Å². The minimum Gasteiger partial charge on any atom is -0.408 e. The lowest BCUT2D eigenvalue weighted by Gasteiger charge is -2.25. The summed E-state index contributed by atoms with van der Waals surface area (Å²) >= 11 is 0. The molecule has 0 saturated carbocycles. The number of oxazole rings is 1. The number of rotatable bonds is 4. The van der Waals surface area contributed by atoms with Gasteiger partial charge in [-0.15, -0.1) is 0 Å². The van der Waals surface area contributed by atoms with Crippen molar-refractivity contribution in [3.05, 3.63) is 28.7 Å². The van der Waals surface area contributed by atoms with Gasteiger partial charge in [0.1, 0.15) is 0 Å². The molecule has 0 radical (unpaired) electrons. The minimum atomic E-state index is -3.87. The van der Waals surface area contributed by atoms with Crippen LogP contribution >= 0.6 is 0 Å². The van der Waals surface area contributed by atoms with E-state index in [2.05, 4.69) is 4.98 Å². The second kappa shape index (κ2) is 5.46. The van der Waals surface area contributed by atoms with Crippen molar-refractivity contribution in [1.82, 2.24) is 9.29 Å². The van der Waals surface area contributed by atoms with Gasteiger partial charge in [-0.2, -0.15) is 4.31 Å². The summed E-state index contributed by atoms with van der Waals surface area (Å²) in [5, 5.41) is 0. The van der Waals surface area contributed by atoms with Crippen molar-refractivity contribution < 1.29 is 21.3 Å². The average Bonchev–Trinajstić information content (AvgIpc) is 2.99. The molecular formula is C13H16N2O6S2. The first kappa shape index (κ1) is 16.2. The van der Waals surface area contributed by atoms with Gasteiger partial charge >= 0.3 is 5.76 Å². The molecule has 10 heteroatoms. The first-order valence-electron chi connectivity index (χ1n) is 7.08. The number of H-pyrrole nitrogens is 1. The Labute approximate surface area is 133 Å². The van der Waals surface area contributed by atoms with E-state index in [1.165, 1.54) is 22.5 Å². The second-order valence-electron chi connectivity index (χ2n) is 5.44. The number of hydrogen-bond acceptors (Lipinski definition) is 6. The molecule has 0 amide bonds. The maximum absolute atomic E-state index is 12.8. The summed E-state index contributed by atoms with van der Waals surface area (Å²) in [6.45, 7) is 1.83. The van der Waals surface area contributed by atoms with Crippen molar-refractivity contribution in [2.75, 3.05) is 18.1 Å². The molecule has 1 aliphatic rings. The molecule has 1 N–H and O–H groups in total. The quantitative estimate of drug-likeness (QED) is 0.839. The zero-order valence-corrected chi connectivity index (χ0v) is 14.0. The minimum absolute atomic E-state index is 0.00456. The first-order valence-corrected chi connectivity index (χ1v) is 10.3. The van der Waals surface area contributed by atoms with E-state index in [1.807, 2.05) is 0 Å². The number of nitrogens with zero attached hydrogens (tertiary/aromatic N) is 1. The Morgan fingerprint density at radius 1 is 1.39 bits per heavy atom. The van der Waals surface area contributed by atoms with Gasteiger partial charge in [-0.05, 0) is 18.6 Å². The summed E-state index contributed by atoms with van der Waals surface area (Å²) in [6.07, 6.45) is 0.289. The van der Waals surface area contributed by atoms with Gasteiger partial charge < -0.3 is 4.42 Å². The molecule has 1 unspecified atom stereocenters. The fourth-order valence-electron chi connectivity index (χ4n) is 2.85. The maximum atomic E-state index is 12.8. The molecule has 1 atom stereocenters. The van der Waals surface area contributed by atoms with E-state index < -0.39 is 31.7 Å². The highest BCUT2D eigenvalue weighted by atomic mass is 32.2. The highest BCUT2D eigenvalue weighted by Crippen LogP contribution is 2.26. The molecule has 8 nitrogen and oxygen atoms in total. The monoisotopic (exact) mass is 360 g/mol. The van der Waals surface area contributed by atoms with Crippen molar-refractivity contribution in [2.45, 2.75) is 24.3 Å². The Balaban J connectivity index is 2.02. The van der Waals surface area contributed by atoms with Crippen LogP contribution in [0.1, 0.15) is 13.3 Å². The summed E-state index contributed by atoms with van der Waals surface area (Å²) in [5.41, 5.74) is 0.548. The number of benzene rings is 1. The Morgan fingerprint density at radius 2 is 2.13 bits per heavy atom. The molecular weight excluding hydrogens is 344 g/mol. The number of hydrogen-bond donors (Lipinski definition) is 1. The predicted octanol–water partition coefficient (Wildman–Crippen LogP) is 0.319. The average molecular weight is 360 g/mol. The second-order valence-corrected chi connectivity index (χ2v) is 9.56. The van der Waals surface area contributed by atoms with Crippen LogP contribution in [0.4, 0.5) is 0 Å². The summed E-state index contributed by atoms with van der Waals surface area (Å²) < 4.78 is 55.0. The number of nitrogens with one attached hydrogen (secondary N) is 1. The van der Waals surface area contributed by atoms with Crippen LogP contribution in [-0.2, 0) is 19.9 Å². The van der Waals surface area contributed by atoms with Crippen molar-refractivity contribution in [3.8, 4) is 0 Å². The van der Waals surface area contributed by atoms with Crippen LogP contribution in [-0.4, -0.2) is 50.2 Å². The summed E-state index contributed by atoms with van der Waals surface area (Å²) in [7, 11) is -7.07. The van der Waals surface area contributed by atoms with Gasteiger partial charge in [0.05, 0.1) is 21.9 Å². The van der Waals surface area contributed by atoms with Crippen molar-refractivity contribution in [2.24, 2.45) is 0 Å². The zero-order valence-electron chi connectivity index (χ0n) is 12.4. The Kier molecular flexibility index (Phi) is 3.85. The van der Waals surface area contributed by atoms with E-state index in [-0.39, 0.29) is 34.9 Å². The van der Waals surface area contributed by atoms with Crippen molar-refractivity contribution in [1.29, 1.82) is 0 Å². The molecule has 1 fully saturated rings. The largest absolute Gasteiger partial charge is 0.417 e. The van der Waals surface area contributed by atoms with E-state index in [9.17, 15) is 21.6 Å². The molecule has 23 heavy (non-hydrogen) atoms. The normalized spacial score (nSPS) is 21.2. The Bertz CT molecular complexity index is 1000. The van der Waals surface area contributed by atoms with Gasteiger partial charge in [0.2, 0.25) is 10.0 Å². The standard InChI is InChI=1S/C13H16N2O6S2/c1-2-15(9-5-6-22(17,18)8-9)23(19,20)10-3-4-11-12(7-10)21-13(16)14-11/h3-4,7,9H,2,5-6,8H2,1H3,(H,14,16). The summed E-state index contributed by atoms with van der Waals surface area (Å²) in [6, 6.07) is 3.53. The zero-order chi connectivity index (χ0) is 16.8. The number of aromatic amines is 1. The fourth-order valence-corrected chi connectivity index (χ4v) is 6.35. The SMILES string of the molecule is CCN(C1CCS(=O)(=O)C1)S(=O)(=O)c1ccc2[nH]c(=O)oc2c1. The van der Waals surface area contributed by atoms with Crippen LogP contribution in [0.2, 0.25) is 0 Å². The van der Waals surface area contributed by atoms with Crippen LogP contribution in [0, 0.1) is 0 Å². The smallest absolute Gasteiger partial charge is 0.408 e. The first-order chi connectivity index (χ1) is 10.7. The van der Waals surface area contributed by atoms with Crippen LogP contribution in [0.5, 0.6) is 0 Å². The summed E-state index contributed by atoms with van der Waals surface area (Å²) in [5.74, 6) is -0.833. The van der Waals surface area contributed by atoms with Crippen molar-refractivity contribution in [3.63, 3.8) is 0 Å². The van der Waals surface area contributed by atoms with Crippen LogP contribution in [0.25, 0.3) is 11.1 Å². The van der Waals surface area contributed by atoms with Crippen LogP contribution < -0.4 is 5.76 Å². The van der Waals surface area contributed by atoms with Crippen LogP contribution in [0.15, 0.2) is 32.3 Å². The highest BCUT2D eigenvalue weighted by Gasteiger charge is 2.38. The Morgan fingerprint density at radius 3 is 2.74 bits per heavy atom. The van der Waals surface area contributed by atoms with E-state index in [4.69, 9.17) is 4.42 Å². The third-order valence-corrected chi connectivity index (χ3v) is 7.70. The van der Waals surface area contributed by atoms with E-state index >= 15 is 0 Å². The predicted molar refractivity (Wildman–Crippen MR) is 83.5 cm³/mol. The van der Waals surface area contributed by atoms with Gasteiger partial charge in [-0.3, -0.25) is 4.98 Å². The lowest BCUT2D eigenvalue weighted by Crippen LogP contribution is -2.40. The molecule has 126 valence electrons. The molecule has 1 aliphatic heterocycles. The van der Waals surface area contributed by atoms with Crippen LogP contribution in [0.3, 0.4) is 0 Å². The maximum Gasteiger partial charge on any atom is 0.417 e. The third-order valence-electron chi connectivity index (χ3n) is 3.93. The van der Waals surface area contributed by atoms with Gasteiger partial charge in [-0.1, -0.05) is 6.92 Å². The number of sulfonamides is 1.